The monoisotopic (exact) mass is 158 g/mol. The fourth-order valence-electron chi connectivity index (χ4n) is 0. The van der Waals surface area contributed by atoms with Gasteiger partial charge in [-0.2, -0.15) is 0 Å². The van der Waals surface area contributed by atoms with Crippen molar-refractivity contribution in [2.24, 2.45) is 0 Å². The van der Waals surface area contributed by atoms with Crippen LogP contribution in [0, 0.1) is 0 Å². The molecule has 0 spiro atoms. The molecule has 0 aromatic rings. The van der Waals surface area contributed by atoms with E-state index in [9.17, 15) is 0 Å². The number of hydrogen-bond donors (Lipinski definition) is 0. The molecule has 0 aliphatic rings. The summed E-state index contributed by atoms with van der Waals surface area (Å²) in [7, 11) is 0. The van der Waals surface area contributed by atoms with Crippen LogP contribution < -0.4 is 0 Å². The SMILES string of the molecule is [O]=[AlH].[O]=[Mo]. The predicted octanol–water partition coefficient (Wildman–Crippen LogP) is -0.889. The van der Waals surface area contributed by atoms with Crippen LogP contribution in [-0.2, 0) is 27.0 Å². The molecule has 0 atom stereocenters. The van der Waals surface area contributed by atoms with Gasteiger partial charge in [-0.3, -0.25) is 0 Å². The van der Waals surface area contributed by atoms with Crippen LogP contribution in [0.2, 0.25) is 0 Å². The van der Waals surface area contributed by atoms with Gasteiger partial charge in [-0.25, -0.2) is 0 Å². The van der Waals surface area contributed by atoms with E-state index in [1.54, 1.807) is 0 Å². The van der Waals surface area contributed by atoms with Gasteiger partial charge in [0.2, 0.25) is 0 Å². The van der Waals surface area contributed by atoms with Gasteiger partial charge in [0.15, 0.2) is 0 Å². The van der Waals surface area contributed by atoms with Gasteiger partial charge in [-0.05, 0) is 0 Å². The molecule has 0 aliphatic carbocycles. The summed E-state index contributed by atoms with van der Waals surface area (Å²) in [6.45, 7) is 0. The molecule has 0 saturated heterocycles. The average molecular weight is 156 g/mol. The van der Waals surface area contributed by atoms with E-state index in [1.165, 1.54) is 0 Å². The standard InChI is InChI=1S/Al.Mo.2O.H. The fourth-order valence-corrected chi connectivity index (χ4v) is 0. The minimum atomic E-state index is 0.611. The van der Waals surface area contributed by atoms with Crippen LogP contribution in [0.15, 0.2) is 0 Å². The summed E-state index contributed by atoms with van der Waals surface area (Å²) in [5.74, 6) is 0. The topological polar surface area (TPSA) is 34.1 Å². The second-order valence-corrected chi connectivity index (χ2v) is 0. The van der Waals surface area contributed by atoms with Gasteiger partial charge in [0.25, 0.3) is 0 Å². The summed E-state index contributed by atoms with van der Waals surface area (Å²) in [4.78, 5) is 0. The molecular weight excluding hydrogens is 155 g/mol. The number of rotatable bonds is 0. The van der Waals surface area contributed by atoms with Crippen LogP contribution in [0.5, 0.6) is 0 Å². The Morgan fingerprint density at radius 2 is 1.25 bits per heavy atom. The van der Waals surface area contributed by atoms with Crippen molar-refractivity contribution < 1.29 is 27.0 Å². The Labute approximate surface area is 43.4 Å². The van der Waals surface area contributed by atoms with Crippen molar-refractivity contribution in [2.75, 3.05) is 0 Å². The Morgan fingerprint density at radius 1 is 1.25 bits per heavy atom. The molecule has 0 aliphatic heterocycles. The van der Waals surface area contributed by atoms with Crippen molar-refractivity contribution in [3.8, 4) is 0 Å². The first-order valence-electron chi connectivity index (χ1n) is 0.455. The molecule has 4 heteroatoms. The second-order valence-electron chi connectivity index (χ2n) is 0. The summed E-state index contributed by atoms with van der Waals surface area (Å²) in [5.41, 5.74) is 0. The van der Waals surface area contributed by atoms with Crippen molar-refractivity contribution in [2.45, 2.75) is 0 Å². The first-order valence-corrected chi connectivity index (χ1v) is 1.85. The van der Waals surface area contributed by atoms with Crippen molar-refractivity contribution in [3.05, 3.63) is 0 Å². The first kappa shape index (κ1) is 8.84. The third kappa shape index (κ3) is 13.9. The zero-order valence-electron chi connectivity index (χ0n) is 1.93. The van der Waals surface area contributed by atoms with Gasteiger partial charge in [0, 0.05) is 0 Å². The predicted molar refractivity (Wildman–Crippen MR) is 8.52 cm³/mol. The summed E-state index contributed by atoms with van der Waals surface area (Å²) in [6, 6.07) is 0. The van der Waals surface area contributed by atoms with E-state index in [-0.39, 0.29) is 0 Å². The first-order chi connectivity index (χ1) is 2.00. The summed E-state index contributed by atoms with van der Waals surface area (Å²) in [5, 5.41) is 0. The van der Waals surface area contributed by atoms with Gasteiger partial charge in [0.1, 0.15) is 0 Å². The van der Waals surface area contributed by atoms with E-state index < -0.39 is 0 Å². The molecule has 4 heavy (non-hydrogen) atoms. The molecule has 0 rings (SSSR count). The summed E-state index contributed by atoms with van der Waals surface area (Å²) < 4.78 is 16.5. The van der Waals surface area contributed by atoms with Gasteiger partial charge < -0.3 is 0 Å². The molecule has 0 unspecified atom stereocenters. The Hall–Kier alpha value is 0.821. The van der Waals surface area contributed by atoms with Crippen molar-refractivity contribution >= 4 is 16.2 Å². The maximum absolute atomic E-state index is 8.28. The minimum absolute atomic E-state index is 0.611. The molecule has 0 aromatic carbocycles. The Balaban J connectivity index is 0. The van der Waals surface area contributed by atoms with E-state index in [1.807, 2.05) is 0 Å². The third-order valence-electron chi connectivity index (χ3n) is 0. The molecule has 0 saturated carbocycles. The molecular formula is HAlMoO2. The molecule has 0 fully saturated rings. The fraction of sp³-hybridized carbons (Fsp3) is 0. The van der Waals surface area contributed by atoms with E-state index in [4.69, 9.17) is 7.20 Å². The maximum atomic E-state index is 8.28. The second kappa shape index (κ2) is 45.1. The van der Waals surface area contributed by atoms with E-state index in [0.29, 0.717) is 36.0 Å². The Bertz CT molecular complexity index is 8.00. The van der Waals surface area contributed by atoms with Crippen LogP contribution in [0.4, 0.5) is 0 Å². The van der Waals surface area contributed by atoms with Crippen LogP contribution >= 0.6 is 0 Å². The molecule has 0 heterocycles. The average Bonchev–Trinajstić information content (AvgIpc) is 1.50. The van der Waals surface area contributed by atoms with Crippen LogP contribution in [0.1, 0.15) is 0 Å². The zero-order valence-corrected chi connectivity index (χ0v) is 5.35. The Kier molecular flexibility index (Phi) is 99.8. The van der Waals surface area contributed by atoms with E-state index in [0.717, 1.165) is 0 Å². The van der Waals surface area contributed by atoms with Gasteiger partial charge in [0.05, 0.1) is 0 Å². The molecule has 0 aromatic heterocycles. The third-order valence-corrected chi connectivity index (χ3v) is 0. The summed E-state index contributed by atoms with van der Waals surface area (Å²) in [6.07, 6.45) is 0. The Morgan fingerprint density at radius 3 is 1.25 bits per heavy atom. The quantitative estimate of drug-likeness (QED) is 0.426. The van der Waals surface area contributed by atoms with Gasteiger partial charge >= 0.3 is 43.2 Å². The van der Waals surface area contributed by atoms with Crippen molar-refractivity contribution in [3.63, 3.8) is 0 Å². The van der Waals surface area contributed by atoms with Crippen LogP contribution in [0.3, 0.4) is 0 Å². The van der Waals surface area contributed by atoms with Crippen LogP contribution in [0.25, 0.3) is 0 Å². The van der Waals surface area contributed by atoms with Crippen molar-refractivity contribution in [1.82, 2.24) is 0 Å². The number of hydrogen-bond acceptors (Lipinski definition) is 2. The molecule has 0 bridgehead atoms. The normalized spacial score (nSPS) is 1.75. The molecule has 0 radical (unpaired) electrons. The van der Waals surface area contributed by atoms with Crippen molar-refractivity contribution in [1.29, 1.82) is 0 Å². The van der Waals surface area contributed by atoms with E-state index in [2.05, 4.69) is 0 Å². The molecule has 2 nitrogen and oxygen atoms in total. The van der Waals surface area contributed by atoms with E-state index >= 15 is 0 Å². The summed E-state index contributed by atoms with van der Waals surface area (Å²) >= 11 is 1.31. The zero-order chi connectivity index (χ0) is 4.00. The molecule has 0 N–H and O–H groups in total. The molecule has 0 amide bonds. The van der Waals surface area contributed by atoms with Crippen LogP contribution in [-0.4, -0.2) is 16.2 Å². The van der Waals surface area contributed by atoms with Gasteiger partial charge in [-0.1, -0.05) is 0 Å². The van der Waals surface area contributed by atoms with Gasteiger partial charge in [-0.15, -0.1) is 0 Å². The molecule has 22 valence electrons.